The Morgan fingerprint density at radius 1 is 1.00 bits per heavy atom. The molecular weight excluding hydrogens is 168 g/mol. The van der Waals surface area contributed by atoms with Gasteiger partial charge in [-0.25, -0.2) is 0 Å². The predicted molar refractivity (Wildman–Crippen MR) is 56.1 cm³/mol. The van der Waals surface area contributed by atoms with Crippen LogP contribution in [-0.2, 0) is 5.75 Å². The summed E-state index contributed by atoms with van der Waals surface area (Å²) in [6, 6.07) is 10.4. The maximum Gasteiger partial charge on any atom is 0.0680 e. The van der Waals surface area contributed by atoms with Gasteiger partial charge in [0.15, 0.2) is 0 Å². The molecule has 1 aliphatic heterocycles. The molecule has 0 saturated carbocycles. The number of nitrogens with zero attached hydrogens (tertiary/aromatic N) is 2. The van der Waals surface area contributed by atoms with Crippen molar-refractivity contribution in [1.29, 1.82) is 0 Å². The van der Waals surface area contributed by atoms with Gasteiger partial charge in [0.2, 0.25) is 0 Å². The quantitative estimate of drug-likeness (QED) is 0.671. The maximum atomic E-state index is 3.83. The molecule has 0 aliphatic carbocycles. The monoisotopic (exact) mass is 178 g/mol. The van der Waals surface area contributed by atoms with E-state index in [1.165, 1.54) is 5.56 Å². The van der Waals surface area contributed by atoms with E-state index in [0.29, 0.717) is 0 Å². The van der Waals surface area contributed by atoms with E-state index < -0.39 is 0 Å². The molecule has 1 aromatic rings. The first-order chi connectivity index (χ1) is 5.95. The second-order valence-corrected chi connectivity index (χ2v) is 4.43. The Bertz CT molecular complexity index is 294. The highest BCUT2D eigenvalue weighted by Gasteiger charge is 2.01. The molecule has 2 nitrogen and oxygen atoms in total. The summed E-state index contributed by atoms with van der Waals surface area (Å²) < 4.78 is 0. The molecule has 0 bridgehead atoms. The molecule has 0 N–H and O–H groups in total. The van der Waals surface area contributed by atoms with Crippen LogP contribution >= 0.6 is 10.9 Å². The van der Waals surface area contributed by atoms with E-state index >= 15 is 0 Å². The van der Waals surface area contributed by atoms with Crippen molar-refractivity contribution >= 4 is 22.0 Å². The average Bonchev–Trinajstić information content (AvgIpc) is 2.59. The van der Waals surface area contributed by atoms with Gasteiger partial charge in [-0.2, -0.15) is 21.1 Å². The molecule has 0 unspecified atom stereocenters. The third-order valence-electron chi connectivity index (χ3n) is 1.67. The molecular formula is C9H10N2S. The number of hydrogen-bond acceptors (Lipinski definition) is 2. The van der Waals surface area contributed by atoms with E-state index in [1.807, 2.05) is 17.2 Å². The lowest BCUT2D eigenvalue weighted by Crippen LogP contribution is -1.86. The van der Waals surface area contributed by atoms with Gasteiger partial charge in [-0.1, -0.05) is 30.3 Å². The van der Waals surface area contributed by atoms with Gasteiger partial charge in [0.1, 0.15) is 0 Å². The molecule has 0 saturated heterocycles. The van der Waals surface area contributed by atoms with Crippen molar-refractivity contribution in [3.05, 3.63) is 35.9 Å². The Kier molecular flexibility index (Phi) is 2.23. The summed E-state index contributed by atoms with van der Waals surface area (Å²) >= 11 is 0. The predicted octanol–water partition coefficient (Wildman–Crippen LogP) is 2.17. The van der Waals surface area contributed by atoms with Gasteiger partial charge in [-0.15, -0.1) is 0 Å². The summed E-state index contributed by atoms with van der Waals surface area (Å²) in [7, 11) is -0.205. The first-order valence-electron chi connectivity index (χ1n) is 3.81. The van der Waals surface area contributed by atoms with Gasteiger partial charge >= 0.3 is 0 Å². The summed E-state index contributed by atoms with van der Waals surface area (Å²) in [5.41, 5.74) is 5.26. The number of rotatable bonds is 2. The molecule has 1 aromatic carbocycles. The molecule has 1 aliphatic rings. The van der Waals surface area contributed by atoms with Gasteiger partial charge in [0.05, 0.1) is 11.1 Å². The summed E-state index contributed by atoms with van der Waals surface area (Å²) in [6.45, 7) is 0. The minimum absolute atomic E-state index is 0.205. The van der Waals surface area contributed by atoms with E-state index in [-0.39, 0.29) is 10.9 Å². The lowest BCUT2D eigenvalue weighted by molar-refractivity contribution is 1.29. The standard InChI is InChI=1S/C9H10N2S/c1-2-4-9(5-3-1)6-12-7-10-11-8-12/h1-5,7-8,12H,6H2. The zero-order valence-electron chi connectivity index (χ0n) is 6.59. The van der Waals surface area contributed by atoms with Gasteiger partial charge in [0, 0.05) is 5.75 Å². The van der Waals surface area contributed by atoms with Crippen molar-refractivity contribution < 1.29 is 0 Å². The third-order valence-corrected chi connectivity index (χ3v) is 3.20. The van der Waals surface area contributed by atoms with Gasteiger partial charge in [-0.05, 0) is 5.56 Å². The molecule has 0 aromatic heterocycles. The molecule has 12 heavy (non-hydrogen) atoms. The van der Waals surface area contributed by atoms with Crippen LogP contribution < -0.4 is 0 Å². The lowest BCUT2D eigenvalue weighted by atomic mass is 10.2. The molecule has 0 fully saturated rings. The number of thiol groups is 1. The molecule has 0 radical (unpaired) electrons. The van der Waals surface area contributed by atoms with E-state index in [2.05, 4.69) is 34.5 Å². The molecule has 2 rings (SSSR count). The topological polar surface area (TPSA) is 24.7 Å². The van der Waals surface area contributed by atoms with Crippen molar-refractivity contribution in [3.8, 4) is 0 Å². The van der Waals surface area contributed by atoms with E-state index in [4.69, 9.17) is 0 Å². The summed E-state index contributed by atoms with van der Waals surface area (Å²) in [6.07, 6.45) is 0. The second kappa shape index (κ2) is 3.54. The Morgan fingerprint density at radius 2 is 1.67 bits per heavy atom. The van der Waals surface area contributed by atoms with Crippen LogP contribution in [0.5, 0.6) is 0 Å². The average molecular weight is 178 g/mol. The first-order valence-corrected chi connectivity index (χ1v) is 5.48. The lowest BCUT2D eigenvalue weighted by Gasteiger charge is -2.05. The zero-order chi connectivity index (χ0) is 8.23. The van der Waals surface area contributed by atoms with E-state index in [9.17, 15) is 0 Å². The Hall–Kier alpha value is -1.09. The van der Waals surface area contributed by atoms with Crippen LogP contribution in [0.4, 0.5) is 0 Å². The summed E-state index contributed by atoms with van der Waals surface area (Å²) in [5.74, 6) is 1.07. The second-order valence-electron chi connectivity index (χ2n) is 2.62. The van der Waals surface area contributed by atoms with E-state index in [0.717, 1.165) is 5.75 Å². The van der Waals surface area contributed by atoms with Crippen molar-refractivity contribution in [2.24, 2.45) is 10.2 Å². The highest BCUT2D eigenvalue weighted by molar-refractivity contribution is 8.38. The van der Waals surface area contributed by atoms with Crippen LogP contribution in [0.2, 0.25) is 0 Å². The Labute approximate surface area is 74.4 Å². The van der Waals surface area contributed by atoms with Gasteiger partial charge in [-0.3, -0.25) is 0 Å². The van der Waals surface area contributed by atoms with Crippen LogP contribution in [0.25, 0.3) is 0 Å². The third kappa shape index (κ3) is 1.74. The summed E-state index contributed by atoms with van der Waals surface area (Å²) in [5, 5.41) is 7.67. The molecule has 0 atom stereocenters. The van der Waals surface area contributed by atoms with Crippen LogP contribution in [0.3, 0.4) is 0 Å². The van der Waals surface area contributed by atoms with Crippen LogP contribution in [0.15, 0.2) is 40.5 Å². The number of hydrogen-bond donors (Lipinski definition) is 1. The fourth-order valence-corrected chi connectivity index (χ4v) is 2.34. The van der Waals surface area contributed by atoms with Crippen LogP contribution in [0.1, 0.15) is 5.56 Å². The Morgan fingerprint density at radius 3 is 2.33 bits per heavy atom. The van der Waals surface area contributed by atoms with E-state index in [1.54, 1.807) is 0 Å². The molecule has 0 spiro atoms. The highest BCUT2D eigenvalue weighted by Crippen LogP contribution is 2.26. The highest BCUT2D eigenvalue weighted by atomic mass is 32.2. The minimum atomic E-state index is -0.205. The summed E-state index contributed by atoms with van der Waals surface area (Å²) in [4.78, 5) is 0. The smallest absolute Gasteiger partial charge is 0.0680 e. The minimum Gasteiger partial charge on any atom is -0.172 e. The fraction of sp³-hybridized carbons (Fsp3) is 0.111. The van der Waals surface area contributed by atoms with Crippen molar-refractivity contribution in [2.75, 3.05) is 0 Å². The van der Waals surface area contributed by atoms with Crippen molar-refractivity contribution in [1.82, 2.24) is 0 Å². The van der Waals surface area contributed by atoms with Gasteiger partial charge < -0.3 is 0 Å². The molecule has 62 valence electrons. The van der Waals surface area contributed by atoms with Crippen molar-refractivity contribution in [2.45, 2.75) is 5.75 Å². The molecule has 3 heteroatoms. The number of benzene rings is 1. The SMILES string of the molecule is C1=NN=C[SH]1Cc1ccccc1. The van der Waals surface area contributed by atoms with Gasteiger partial charge in [0.25, 0.3) is 0 Å². The van der Waals surface area contributed by atoms with Crippen molar-refractivity contribution in [3.63, 3.8) is 0 Å². The zero-order valence-corrected chi connectivity index (χ0v) is 7.48. The van der Waals surface area contributed by atoms with Crippen LogP contribution in [-0.4, -0.2) is 11.1 Å². The van der Waals surface area contributed by atoms with Crippen LogP contribution in [0, 0.1) is 0 Å². The fourth-order valence-electron chi connectivity index (χ4n) is 1.10. The largest absolute Gasteiger partial charge is 0.172 e. The first kappa shape index (κ1) is 7.55. The molecule has 0 amide bonds. The Balaban J connectivity index is 2.04. The normalized spacial score (nSPS) is 17.2. The molecule has 1 heterocycles. The maximum absolute atomic E-state index is 3.83.